The second kappa shape index (κ2) is 4.87. The summed E-state index contributed by atoms with van der Waals surface area (Å²) in [5, 5.41) is 0. The van der Waals surface area contributed by atoms with Gasteiger partial charge in [-0.3, -0.25) is 4.79 Å². The maximum Gasteiger partial charge on any atom is 0.315 e. The molecule has 16 heavy (non-hydrogen) atoms. The Labute approximate surface area is 104 Å². The fourth-order valence-electron chi connectivity index (χ4n) is 1.43. The summed E-state index contributed by atoms with van der Waals surface area (Å²) in [6.07, 6.45) is 0. The predicted octanol–water partition coefficient (Wildman–Crippen LogP) is 2.91. The summed E-state index contributed by atoms with van der Waals surface area (Å²) in [6, 6.07) is 5.56. The zero-order valence-electron chi connectivity index (χ0n) is 9.83. The van der Waals surface area contributed by atoms with Crippen molar-refractivity contribution >= 4 is 21.9 Å². The molecule has 1 rings (SSSR count). The topological polar surface area (TPSA) is 35.5 Å². The molecule has 0 amide bonds. The van der Waals surface area contributed by atoms with Gasteiger partial charge in [-0.1, -0.05) is 6.07 Å². The molecular weight excluding hydrogens is 272 g/mol. The molecule has 1 aromatic rings. The molecule has 0 bridgehead atoms. The zero-order chi connectivity index (χ0) is 12.3. The SMILES string of the molecule is COC(=O)C(C)(C)c1ccc(OC)c(Br)c1. The Bertz CT molecular complexity index is 399. The van der Waals surface area contributed by atoms with Crippen molar-refractivity contribution in [3.63, 3.8) is 0 Å². The Morgan fingerprint density at radius 3 is 2.38 bits per heavy atom. The minimum absolute atomic E-state index is 0.260. The molecule has 0 aliphatic carbocycles. The fourth-order valence-corrected chi connectivity index (χ4v) is 1.97. The predicted molar refractivity (Wildman–Crippen MR) is 65.7 cm³/mol. The summed E-state index contributed by atoms with van der Waals surface area (Å²) < 4.78 is 10.7. The van der Waals surface area contributed by atoms with Gasteiger partial charge in [-0.2, -0.15) is 0 Å². The maximum atomic E-state index is 11.6. The molecule has 0 radical (unpaired) electrons. The maximum absolute atomic E-state index is 11.6. The minimum Gasteiger partial charge on any atom is -0.496 e. The molecule has 0 saturated carbocycles. The van der Waals surface area contributed by atoms with Gasteiger partial charge in [0, 0.05) is 0 Å². The van der Waals surface area contributed by atoms with E-state index < -0.39 is 5.41 Å². The van der Waals surface area contributed by atoms with Crippen LogP contribution in [0.25, 0.3) is 0 Å². The first-order valence-electron chi connectivity index (χ1n) is 4.86. The van der Waals surface area contributed by atoms with Crippen LogP contribution in [0.1, 0.15) is 19.4 Å². The molecule has 0 spiro atoms. The van der Waals surface area contributed by atoms with E-state index in [1.807, 2.05) is 32.0 Å². The van der Waals surface area contributed by atoms with Gasteiger partial charge >= 0.3 is 5.97 Å². The molecule has 0 heterocycles. The molecule has 0 aliphatic heterocycles. The largest absolute Gasteiger partial charge is 0.496 e. The number of carbonyl (C=O) groups is 1. The van der Waals surface area contributed by atoms with Crippen molar-refractivity contribution in [2.75, 3.05) is 14.2 Å². The van der Waals surface area contributed by atoms with Crippen molar-refractivity contribution in [1.29, 1.82) is 0 Å². The van der Waals surface area contributed by atoms with E-state index in [0.717, 1.165) is 15.8 Å². The molecule has 0 aromatic heterocycles. The zero-order valence-corrected chi connectivity index (χ0v) is 11.4. The molecule has 0 aliphatic rings. The van der Waals surface area contributed by atoms with Crippen LogP contribution in [0.3, 0.4) is 0 Å². The second-order valence-corrected chi connectivity index (χ2v) is 4.82. The number of hydrogen-bond donors (Lipinski definition) is 0. The van der Waals surface area contributed by atoms with E-state index in [9.17, 15) is 4.79 Å². The standard InChI is InChI=1S/C12H15BrO3/c1-12(2,11(14)16-4)8-5-6-10(15-3)9(13)7-8/h5-7H,1-4H3. The van der Waals surface area contributed by atoms with Crippen molar-refractivity contribution < 1.29 is 14.3 Å². The van der Waals surface area contributed by atoms with Gasteiger partial charge in [0.2, 0.25) is 0 Å². The van der Waals surface area contributed by atoms with Gasteiger partial charge in [0.1, 0.15) is 5.75 Å². The highest BCUT2D eigenvalue weighted by Gasteiger charge is 2.31. The lowest BCUT2D eigenvalue weighted by Gasteiger charge is -2.22. The van der Waals surface area contributed by atoms with Crippen LogP contribution in [0.2, 0.25) is 0 Å². The van der Waals surface area contributed by atoms with E-state index in [2.05, 4.69) is 15.9 Å². The van der Waals surface area contributed by atoms with Crippen LogP contribution in [0, 0.1) is 0 Å². The highest BCUT2D eigenvalue weighted by Crippen LogP contribution is 2.32. The van der Waals surface area contributed by atoms with Gasteiger partial charge in [0.25, 0.3) is 0 Å². The lowest BCUT2D eigenvalue weighted by molar-refractivity contribution is -0.146. The molecule has 0 saturated heterocycles. The van der Waals surface area contributed by atoms with Crippen LogP contribution in [0.4, 0.5) is 0 Å². The van der Waals surface area contributed by atoms with Crippen molar-refractivity contribution in [2.45, 2.75) is 19.3 Å². The highest BCUT2D eigenvalue weighted by molar-refractivity contribution is 9.10. The Morgan fingerprint density at radius 1 is 1.31 bits per heavy atom. The first-order valence-corrected chi connectivity index (χ1v) is 5.65. The van der Waals surface area contributed by atoms with Crippen LogP contribution in [-0.2, 0) is 14.9 Å². The number of hydrogen-bond acceptors (Lipinski definition) is 3. The molecule has 4 heteroatoms. The summed E-state index contributed by atoms with van der Waals surface area (Å²) in [5.74, 6) is 0.481. The van der Waals surface area contributed by atoms with Crippen molar-refractivity contribution in [3.8, 4) is 5.75 Å². The van der Waals surface area contributed by atoms with Crippen LogP contribution in [0.5, 0.6) is 5.75 Å². The molecule has 0 unspecified atom stereocenters. The van der Waals surface area contributed by atoms with Crippen LogP contribution < -0.4 is 4.74 Å². The van der Waals surface area contributed by atoms with E-state index >= 15 is 0 Å². The van der Waals surface area contributed by atoms with Crippen LogP contribution >= 0.6 is 15.9 Å². The summed E-state index contributed by atoms with van der Waals surface area (Å²) in [4.78, 5) is 11.6. The smallest absolute Gasteiger partial charge is 0.315 e. The fraction of sp³-hybridized carbons (Fsp3) is 0.417. The van der Waals surface area contributed by atoms with Gasteiger partial charge in [-0.25, -0.2) is 0 Å². The highest BCUT2D eigenvalue weighted by atomic mass is 79.9. The summed E-state index contributed by atoms with van der Waals surface area (Å²) in [5.41, 5.74) is 0.218. The van der Waals surface area contributed by atoms with E-state index in [0.29, 0.717) is 0 Å². The molecule has 0 N–H and O–H groups in total. The summed E-state index contributed by atoms with van der Waals surface area (Å²) in [7, 11) is 2.99. The Morgan fingerprint density at radius 2 is 1.94 bits per heavy atom. The Balaban J connectivity index is 3.14. The Hall–Kier alpha value is -1.03. The van der Waals surface area contributed by atoms with E-state index in [4.69, 9.17) is 9.47 Å². The number of carbonyl (C=O) groups excluding carboxylic acids is 1. The molecule has 88 valence electrons. The number of benzene rings is 1. The first-order chi connectivity index (χ1) is 7.43. The van der Waals surface area contributed by atoms with Gasteiger partial charge < -0.3 is 9.47 Å². The third-order valence-electron chi connectivity index (χ3n) is 2.57. The number of esters is 1. The average Bonchev–Trinajstić information content (AvgIpc) is 2.27. The van der Waals surface area contributed by atoms with Gasteiger partial charge in [0.05, 0.1) is 24.1 Å². The molecule has 3 nitrogen and oxygen atoms in total. The van der Waals surface area contributed by atoms with Crippen molar-refractivity contribution in [2.24, 2.45) is 0 Å². The average molecular weight is 287 g/mol. The normalized spacial score (nSPS) is 11.1. The lowest BCUT2D eigenvalue weighted by Crippen LogP contribution is -2.30. The number of halogens is 1. The number of ether oxygens (including phenoxy) is 2. The Kier molecular flexibility index (Phi) is 3.97. The third-order valence-corrected chi connectivity index (χ3v) is 3.19. The first kappa shape index (κ1) is 13.0. The van der Waals surface area contributed by atoms with Gasteiger partial charge in [-0.15, -0.1) is 0 Å². The van der Waals surface area contributed by atoms with E-state index in [-0.39, 0.29) is 5.97 Å². The third kappa shape index (κ3) is 2.38. The summed E-state index contributed by atoms with van der Waals surface area (Å²) >= 11 is 3.39. The van der Waals surface area contributed by atoms with E-state index in [1.54, 1.807) is 7.11 Å². The van der Waals surface area contributed by atoms with Crippen molar-refractivity contribution in [3.05, 3.63) is 28.2 Å². The minimum atomic E-state index is -0.663. The number of rotatable bonds is 3. The molecule has 0 atom stereocenters. The molecule has 0 fully saturated rings. The quantitative estimate of drug-likeness (QED) is 0.802. The van der Waals surface area contributed by atoms with E-state index in [1.165, 1.54) is 7.11 Å². The molecule has 1 aromatic carbocycles. The number of methoxy groups -OCH3 is 2. The monoisotopic (exact) mass is 286 g/mol. The molecular formula is C12H15BrO3. The lowest BCUT2D eigenvalue weighted by atomic mass is 9.85. The second-order valence-electron chi connectivity index (χ2n) is 3.97. The van der Waals surface area contributed by atoms with Crippen LogP contribution in [0.15, 0.2) is 22.7 Å². The van der Waals surface area contributed by atoms with Crippen LogP contribution in [-0.4, -0.2) is 20.2 Å². The van der Waals surface area contributed by atoms with Gasteiger partial charge in [-0.05, 0) is 47.5 Å². The van der Waals surface area contributed by atoms with Crippen molar-refractivity contribution in [1.82, 2.24) is 0 Å². The van der Waals surface area contributed by atoms with Gasteiger partial charge in [0.15, 0.2) is 0 Å². The summed E-state index contributed by atoms with van der Waals surface area (Å²) in [6.45, 7) is 3.65.